The predicted molar refractivity (Wildman–Crippen MR) is 95.8 cm³/mol. The van der Waals surface area contributed by atoms with Gasteiger partial charge in [0.2, 0.25) is 10.9 Å². The van der Waals surface area contributed by atoms with Gasteiger partial charge in [-0.15, -0.1) is 11.3 Å². The Kier molecular flexibility index (Phi) is 3.93. The van der Waals surface area contributed by atoms with Crippen LogP contribution in [0.2, 0.25) is 0 Å². The van der Waals surface area contributed by atoms with Crippen molar-refractivity contribution in [1.82, 2.24) is 10.3 Å². The molecule has 7 heteroatoms. The van der Waals surface area contributed by atoms with Gasteiger partial charge in [-0.1, -0.05) is 18.2 Å². The molecule has 1 aliphatic rings. The first-order valence-corrected chi connectivity index (χ1v) is 8.88. The van der Waals surface area contributed by atoms with E-state index >= 15 is 0 Å². The SMILES string of the molecule is O=C(NCc1ccc2c(c1)CN(c1cc(=O)c1=O)CC2)c1cscn1. The van der Waals surface area contributed by atoms with Gasteiger partial charge < -0.3 is 10.2 Å². The number of hydrogen-bond acceptors (Lipinski definition) is 6. The fraction of sp³-hybridized carbons (Fsp3) is 0.222. The van der Waals surface area contributed by atoms with Crippen molar-refractivity contribution in [2.75, 3.05) is 11.4 Å². The summed E-state index contributed by atoms with van der Waals surface area (Å²) in [4.78, 5) is 40.7. The zero-order valence-electron chi connectivity index (χ0n) is 13.3. The van der Waals surface area contributed by atoms with Crippen LogP contribution < -0.4 is 21.1 Å². The Labute approximate surface area is 147 Å². The van der Waals surface area contributed by atoms with Crippen molar-refractivity contribution in [2.24, 2.45) is 0 Å². The molecule has 0 saturated heterocycles. The second-order valence-corrected chi connectivity index (χ2v) is 6.77. The van der Waals surface area contributed by atoms with Crippen molar-refractivity contribution >= 4 is 22.9 Å². The van der Waals surface area contributed by atoms with Gasteiger partial charge in [-0.2, -0.15) is 0 Å². The zero-order valence-corrected chi connectivity index (χ0v) is 14.1. The lowest BCUT2D eigenvalue weighted by Crippen LogP contribution is -2.41. The van der Waals surface area contributed by atoms with Gasteiger partial charge in [-0.25, -0.2) is 4.98 Å². The summed E-state index contributed by atoms with van der Waals surface area (Å²) in [6.07, 6.45) is 0.833. The number of nitrogens with one attached hydrogen (secondary N) is 1. The molecular weight excluding hydrogens is 338 g/mol. The summed E-state index contributed by atoms with van der Waals surface area (Å²) in [7, 11) is 0. The maximum absolute atomic E-state index is 12.0. The predicted octanol–water partition coefficient (Wildman–Crippen LogP) is 1.23. The first-order valence-electron chi connectivity index (χ1n) is 7.94. The van der Waals surface area contributed by atoms with Gasteiger partial charge in [-0.05, 0) is 23.1 Å². The Hall–Kier alpha value is -2.80. The quantitative estimate of drug-likeness (QED) is 0.714. The second-order valence-electron chi connectivity index (χ2n) is 6.05. The van der Waals surface area contributed by atoms with Crippen LogP contribution in [0.1, 0.15) is 27.2 Å². The maximum Gasteiger partial charge on any atom is 0.271 e. The lowest BCUT2D eigenvalue weighted by atomic mass is 9.96. The molecule has 2 aromatic carbocycles. The van der Waals surface area contributed by atoms with Gasteiger partial charge in [0.05, 0.1) is 11.2 Å². The number of nitrogens with zero attached hydrogens (tertiary/aromatic N) is 2. The van der Waals surface area contributed by atoms with E-state index in [0.29, 0.717) is 24.5 Å². The first-order chi connectivity index (χ1) is 12.1. The molecule has 2 heterocycles. The van der Waals surface area contributed by atoms with Crippen LogP contribution >= 0.6 is 11.3 Å². The van der Waals surface area contributed by atoms with E-state index in [9.17, 15) is 14.4 Å². The molecule has 0 radical (unpaired) electrons. The number of rotatable bonds is 4. The molecule has 1 N–H and O–H groups in total. The van der Waals surface area contributed by atoms with Gasteiger partial charge in [0.15, 0.2) is 0 Å². The van der Waals surface area contributed by atoms with Crippen LogP contribution in [0.5, 0.6) is 0 Å². The fourth-order valence-electron chi connectivity index (χ4n) is 3.06. The average Bonchev–Trinajstić information content (AvgIpc) is 3.18. The van der Waals surface area contributed by atoms with Gasteiger partial charge in [0.1, 0.15) is 5.69 Å². The van der Waals surface area contributed by atoms with E-state index in [0.717, 1.165) is 24.1 Å². The summed E-state index contributed by atoms with van der Waals surface area (Å²) in [6, 6.07) is 7.53. The van der Waals surface area contributed by atoms with Crippen molar-refractivity contribution in [3.63, 3.8) is 0 Å². The molecule has 1 aliphatic heterocycles. The van der Waals surface area contributed by atoms with Gasteiger partial charge in [0.25, 0.3) is 5.91 Å². The molecule has 4 rings (SSSR count). The highest BCUT2D eigenvalue weighted by atomic mass is 32.1. The molecule has 0 fully saturated rings. The molecule has 126 valence electrons. The van der Waals surface area contributed by atoms with Gasteiger partial charge >= 0.3 is 0 Å². The third-order valence-electron chi connectivity index (χ3n) is 4.47. The molecular formula is C18H15N3O3S. The van der Waals surface area contributed by atoms with Crippen LogP contribution in [0.15, 0.2) is 44.7 Å². The lowest BCUT2D eigenvalue weighted by Gasteiger charge is -2.31. The number of anilines is 1. The normalized spacial score (nSPS) is 13.7. The van der Waals surface area contributed by atoms with E-state index in [1.54, 1.807) is 10.9 Å². The van der Waals surface area contributed by atoms with Crippen LogP contribution in [-0.4, -0.2) is 17.4 Å². The number of aromatic nitrogens is 1. The number of carbonyl (C=O) groups is 1. The van der Waals surface area contributed by atoms with E-state index in [1.807, 2.05) is 17.0 Å². The zero-order chi connectivity index (χ0) is 17.4. The number of fused-ring (bicyclic) bond motifs is 1. The molecule has 1 aromatic heterocycles. The third-order valence-corrected chi connectivity index (χ3v) is 5.05. The highest BCUT2D eigenvalue weighted by molar-refractivity contribution is 7.07. The Balaban J connectivity index is 1.46. The second kappa shape index (κ2) is 6.25. The minimum absolute atomic E-state index is 0.190. The van der Waals surface area contributed by atoms with E-state index in [1.165, 1.54) is 23.0 Å². The highest BCUT2D eigenvalue weighted by Gasteiger charge is 2.22. The van der Waals surface area contributed by atoms with Crippen LogP contribution in [0.3, 0.4) is 0 Å². The molecule has 25 heavy (non-hydrogen) atoms. The Bertz CT molecular complexity index is 1000. The summed E-state index contributed by atoms with van der Waals surface area (Å²) >= 11 is 1.38. The molecule has 0 saturated carbocycles. The van der Waals surface area contributed by atoms with Crippen molar-refractivity contribution in [2.45, 2.75) is 19.5 Å². The van der Waals surface area contributed by atoms with Crippen molar-refractivity contribution < 1.29 is 4.79 Å². The van der Waals surface area contributed by atoms with Crippen molar-refractivity contribution in [3.05, 3.63) is 78.0 Å². The number of carbonyl (C=O) groups excluding carboxylic acids is 1. The smallest absolute Gasteiger partial charge is 0.271 e. The molecule has 0 unspecified atom stereocenters. The Morgan fingerprint density at radius 2 is 2.12 bits per heavy atom. The van der Waals surface area contributed by atoms with Crippen LogP contribution in [0.25, 0.3) is 0 Å². The molecule has 3 aromatic rings. The van der Waals surface area contributed by atoms with Crippen LogP contribution in [0.4, 0.5) is 5.69 Å². The third kappa shape index (κ3) is 2.98. The summed E-state index contributed by atoms with van der Waals surface area (Å²) in [5, 5.41) is 4.57. The fourth-order valence-corrected chi connectivity index (χ4v) is 3.59. The molecule has 0 bridgehead atoms. The molecule has 6 nitrogen and oxygen atoms in total. The summed E-state index contributed by atoms with van der Waals surface area (Å²) in [5.74, 6) is -0.190. The topological polar surface area (TPSA) is 79.4 Å². The molecule has 0 aliphatic carbocycles. The van der Waals surface area contributed by atoms with Crippen LogP contribution in [0, 0.1) is 0 Å². The number of benzene rings is 1. The largest absolute Gasteiger partial charge is 0.363 e. The minimum Gasteiger partial charge on any atom is -0.363 e. The first kappa shape index (κ1) is 15.7. The lowest BCUT2D eigenvalue weighted by molar-refractivity contribution is 0.0946. The summed E-state index contributed by atoms with van der Waals surface area (Å²) in [5.41, 5.74) is 5.11. The number of thiazole rings is 1. The maximum atomic E-state index is 12.0. The average molecular weight is 353 g/mol. The Morgan fingerprint density at radius 1 is 1.24 bits per heavy atom. The van der Waals surface area contributed by atoms with Gasteiger partial charge in [-0.3, -0.25) is 14.4 Å². The highest BCUT2D eigenvalue weighted by Crippen LogP contribution is 2.23. The molecule has 0 spiro atoms. The molecule has 0 atom stereocenters. The van der Waals surface area contributed by atoms with E-state index in [-0.39, 0.29) is 5.91 Å². The van der Waals surface area contributed by atoms with E-state index in [4.69, 9.17) is 0 Å². The van der Waals surface area contributed by atoms with E-state index in [2.05, 4.69) is 16.4 Å². The van der Waals surface area contributed by atoms with Gasteiger partial charge in [0, 0.05) is 31.1 Å². The minimum atomic E-state index is -0.417. The molecule has 1 amide bonds. The van der Waals surface area contributed by atoms with Crippen LogP contribution in [-0.2, 0) is 19.5 Å². The monoisotopic (exact) mass is 353 g/mol. The van der Waals surface area contributed by atoms with Crippen molar-refractivity contribution in [1.29, 1.82) is 0 Å². The van der Waals surface area contributed by atoms with Crippen molar-refractivity contribution in [3.8, 4) is 0 Å². The summed E-state index contributed by atoms with van der Waals surface area (Å²) in [6.45, 7) is 1.76. The summed E-state index contributed by atoms with van der Waals surface area (Å²) < 4.78 is 0. The Morgan fingerprint density at radius 3 is 2.84 bits per heavy atom. The van der Waals surface area contributed by atoms with E-state index < -0.39 is 10.9 Å². The standard InChI is InChI=1S/C18H15N3O3S/c22-16-6-15(17(16)23)21-4-3-12-2-1-11(5-13(12)8-21)7-19-18(24)14-9-25-10-20-14/h1-2,5-6,9-10H,3-4,7-8H2,(H,19,24). The number of amides is 1. The number of hydrogen-bond donors (Lipinski definition) is 1.